The zero-order valence-corrected chi connectivity index (χ0v) is 11.4. The maximum absolute atomic E-state index is 10.8. The first-order chi connectivity index (χ1) is 10.1. The smallest absolute Gasteiger partial charge is 0.346 e. The first-order valence-corrected chi connectivity index (χ1v) is 6.28. The van der Waals surface area contributed by atoms with Crippen LogP contribution >= 0.6 is 0 Å². The number of aliphatic carboxylic acids is 1. The topological polar surface area (TPSA) is 70.3 Å². The van der Waals surface area contributed by atoms with Crippen LogP contribution in [0.25, 0.3) is 6.08 Å². The molecule has 0 aliphatic heterocycles. The summed E-state index contributed by atoms with van der Waals surface area (Å²) in [6.07, 6.45) is 1.32. The van der Waals surface area contributed by atoms with Crippen molar-refractivity contribution in [3.05, 3.63) is 65.2 Å². The number of benzene rings is 2. The van der Waals surface area contributed by atoms with Crippen LogP contribution in [0.5, 0.6) is 11.5 Å². The molecular formula is C17H13NO3. The zero-order chi connectivity index (χ0) is 15.2. The minimum atomic E-state index is -1.24. The summed E-state index contributed by atoms with van der Waals surface area (Å²) in [7, 11) is 0. The van der Waals surface area contributed by atoms with Gasteiger partial charge in [-0.3, -0.25) is 0 Å². The van der Waals surface area contributed by atoms with Gasteiger partial charge in [0.1, 0.15) is 23.1 Å². The third-order valence-electron chi connectivity index (χ3n) is 2.80. The Balaban J connectivity index is 2.14. The van der Waals surface area contributed by atoms with Gasteiger partial charge in [0.15, 0.2) is 0 Å². The van der Waals surface area contributed by atoms with E-state index in [1.807, 2.05) is 31.2 Å². The number of carboxylic acids is 1. The molecule has 4 nitrogen and oxygen atoms in total. The predicted octanol–water partition coefficient (Wildman–Crippen LogP) is 3.78. The molecule has 0 bridgehead atoms. The summed E-state index contributed by atoms with van der Waals surface area (Å²) >= 11 is 0. The molecule has 1 N–H and O–H groups in total. The van der Waals surface area contributed by atoms with Crippen LogP contribution in [0.2, 0.25) is 0 Å². The largest absolute Gasteiger partial charge is 0.477 e. The minimum absolute atomic E-state index is 0.304. The lowest BCUT2D eigenvalue weighted by Crippen LogP contribution is -1.97. The van der Waals surface area contributed by atoms with E-state index < -0.39 is 5.97 Å². The van der Waals surface area contributed by atoms with Gasteiger partial charge in [-0.1, -0.05) is 29.8 Å². The van der Waals surface area contributed by atoms with Crippen molar-refractivity contribution in [1.29, 1.82) is 5.26 Å². The molecule has 0 spiro atoms. The lowest BCUT2D eigenvalue weighted by molar-refractivity contribution is -0.132. The predicted molar refractivity (Wildman–Crippen MR) is 78.9 cm³/mol. The number of nitriles is 1. The van der Waals surface area contributed by atoms with Gasteiger partial charge in [-0.25, -0.2) is 4.79 Å². The molecule has 0 fully saturated rings. The number of aryl methyl sites for hydroxylation is 1. The Hall–Kier alpha value is -3.06. The van der Waals surface area contributed by atoms with Crippen LogP contribution in [0, 0.1) is 18.3 Å². The molecule has 104 valence electrons. The fourth-order valence-electron chi connectivity index (χ4n) is 1.68. The molecule has 4 heteroatoms. The molecule has 2 aromatic carbocycles. The SMILES string of the molecule is Cc1ccc(Oc2ccc(/C=C(\C#N)C(=O)O)cc2)cc1. The maximum Gasteiger partial charge on any atom is 0.346 e. The molecule has 0 aliphatic rings. The van der Waals surface area contributed by atoms with Gasteiger partial charge in [0.25, 0.3) is 0 Å². The van der Waals surface area contributed by atoms with E-state index in [0.29, 0.717) is 11.3 Å². The van der Waals surface area contributed by atoms with E-state index in [0.717, 1.165) is 11.3 Å². The van der Waals surface area contributed by atoms with Gasteiger partial charge in [-0.05, 0) is 42.8 Å². The third-order valence-corrected chi connectivity index (χ3v) is 2.80. The Bertz CT molecular complexity index is 707. The molecule has 0 saturated carbocycles. The van der Waals surface area contributed by atoms with E-state index in [9.17, 15) is 4.79 Å². The van der Waals surface area contributed by atoms with Crippen molar-refractivity contribution in [3.8, 4) is 17.6 Å². The summed E-state index contributed by atoms with van der Waals surface area (Å²) in [5.74, 6) is 0.134. The van der Waals surface area contributed by atoms with Crippen molar-refractivity contribution in [2.24, 2.45) is 0 Å². The lowest BCUT2D eigenvalue weighted by Gasteiger charge is -2.06. The molecule has 0 saturated heterocycles. The summed E-state index contributed by atoms with van der Waals surface area (Å²) < 4.78 is 5.67. The van der Waals surface area contributed by atoms with Crippen LogP contribution in [-0.2, 0) is 4.79 Å². The highest BCUT2D eigenvalue weighted by Gasteiger charge is 2.05. The number of carbonyl (C=O) groups is 1. The zero-order valence-electron chi connectivity index (χ0n) is 11.4. The standard InChI is InChI=1S/C17H13NO3/c1-12-2-6-15(7-3-12)21-16-8-4-13(5-9-16)10-14(11-18)17(19)20/h2-10H,1H3,(H,19,20)/b14-10+. The van der Waals surface area contributed by atoms with Crippen molar-refractivity contribution in [2.75, 3.05) is 0 Å². The number of nitrogens with zero attached hydrogens (tertiary/aromatic N) is 1. The van der Waals surface area contributed by atoms with E-state index in [-0.39, 0.29) is 5.57 Å². The molecule has 0 unspecified atom stereocenters. The molecule has 0 radical (unpaired) electrons. The molecule has 0 heterocycles. The maximum atomic E-state index is 10.8. The molecule has 2 rings (SSSR count). The van der Waals surface area contributed by atoms with E-state index in [2.05, 4.69) is 0 Å². The quantitative estimate of drug-likeness (QED) is 0.683. The summed E-state index contributed by atoms with van der Waals surface area (Å²) in [6.45, 7) is 2.00. The van der Waals surface area contributed by atoms with E-state index in [4.69, 9.17) is 15.1 Å². The molecule has 0 aliphatic carbocycles. The van der Waals surface area contributed by atoms with Gasteiger partial charge in [0.2, 0.25) is 0 Å². The van der Waals surface area contributed by atoms with Crippen LogP contribution in [0.4, 0.5) is 0 Å². The number of hydrogen-bond acceptors (Lipinski definition) is 3. The fraction of sp³-hybridized carbons (Fsp3) is 0.0588. The summed E-state index contributed by atoms with van der Waals surface area (Å²) in [6, 6.07) is 16.2. The molecule has 0 aromatic heterocycles. The van der Waals surface area contributed by atoms with Gasteiger partial charge in [0, 0.05) is 0 Å². The number of rotatable bonds is 4. The van der Waals surface area contributed by atoms with Gasteiger partial charge in [0.05, 0.1) is 0 Å². The van der Waals surface area contributed by atoms with Crippen molar-refractivity contribution >= 4 is 12.0 Å². The van der Waals surface area contributed by atoms with E-state index >= 15 is 0 Å². The van der Waals surface area contributed by atoms with E-state index in [1.54, 1.807) is 30.3 Å². The van der Waals surface area contributed by atoms with Crippen LogP contribution in [0.15, 0.2) is 54.1 Å². The second-order valence-electron chi connectivity index (χ2n) is 4.46. The molecule has 21 heavy (non-hydrogen) atoms. The van der Waals surface area contributed by atoms with Gasteiger partial charge in [-0.2, -0.15) is 5.26 Å². The Morgan fingerprint density at radius 1 is 1.10 bits per heavy atom. The Morgan fingerprint density at radius 2 is 1.62 bits per heavy atom. The summed E-state index contributed by atoms with van der Waals surface area (Å²) in [4.78, 5) is 10.8. The minimum Gasteiger partial charge on any atom is -0.477 e. The lowest BCUT2D eigenvalue weighted by atomic mass is 10.1. The second kappa shape index (κ2) is 6.40. The van der Waals surface area contributed by atoms with Gasteiger partial charge < -0.3 is 9.84 Å². The van der Waals surface area contributed by atoms with Crippen molar-refractivity contribution in [1.82, 2.24) is 0 Å². The highest BCUT2D eigenvalue weighted by atomic mass is 16.5. The summed E-state index contributed by atoms with van der Waals surface area (Å²) in [5, 5.41) is 17.5. The summed E-state index contributed by atoms with van der Waals surface area (Å²) in [5.41, 5.74) is 1.48. The molecule has 2 aromatic rings. The average Bonchev–Trinajstić information content (AvgIpc) is 2.48. The highest BCUT2D eigenvalue weighted by molar-refractivity contribution is 5.96. The van der Waals surface area contributed by atoms with Crippen LogP contribution < -0.4 is 4.74 Å². The molecule has 0 amide bonds. The number of carboxylic acid groups (broad SMARTS) is 1. The van der Waals surface area contributed by atoms with Gasteiger partial charge in [-0.15, -0.1) is 0 Å². The fourth-order valence-corrected chi connectivity index (χ4v) is 1.68. The Labute approximate surface area is 122 Å². The first kappa shape index (κ1) is 14.4. The first-order valence-electron chi connectivity index (χ1n) is 6.28. The van der Waals surface area contributed by atoms with Crippen molar-refractivity contribution < 1.29 is 14.6 Å². The van der Waals surface area contributed by atoms with Crippen molar-refractivity contribution in [2.45, 2.75) is 6.92 Å². The number of ether oxygens (including phenoxy) is 1. The van der Waals surface area contributed by atoms with Crippen LogP contribution in [0.3, 0.4) is 0 Å². The average molecular weight is 279 g/mol. The monoisotopic (exact) mass is 279 g/mol. The highest BCUT2D eigenvalue weighted by Crippen LogP contribution is 2.22. The number of hydrogen-bond donors (Lipinski definition) is 1. The Kier molecular flexibility index (Phi) is 4.37. The van der Waals surface area contributed by atoms with E-state index in [1.165, 1.54) is 6.08 Å². The molecule has 0 atom stereocenters. The normalized spacial score (nSPS) is 10.8. The van der Waals surface area contributed by atoms with Crippen molar-refractivity contribution in [3.63, 3.8) is 0 Å². The van der Waals surface area contributed by atoms with Crippen LogP contribution in [-0.4, -0.2) is 11.1 Å². The van der Waals surface area contributed by atoms with Crippen LogP contribution in [0.1, 0.15) is 11.1 Å². The molecular weight excluding hydrogens is 266 g/mol. The van der Waals surface area contributed by atoms with Gasteiger partial charge >= 0.3 is 5.97 Å². The second-order valence-corrected chi connectivity index (χ2v) is 4.46. The Morgan fingerprint density at radius 3 is 2.10 bits per heavy atom. The third kappa shape index (κ3) is 3.95.